The first-order valence-electron chi connectivity index (χ1n) is 6.19. The number of hydrogen-bond acceptors (Lipinski definition) is 5. The lowest BCUT2D eigenvalue weighted by atomic mass is 10.4. The molecule has 0 amide bonds. The van der Waals surface area contributed by atoms with E-state index >= 15 is 0 Å². The number of carbonyl (C=O) groups is 1. The Balaban J connectivity index is 2.12. The molecule has 0 aliphatic carbocycles. The number of aliphatic carboxylic acids is 1. The maximum absolute atomic E-state index is 10.6. The molecule has 0 spiro atoms. The molecular weight excluding hydrogens is 280 g/mol. The highest BCUT2D eigenvalue weighted by molar-refractivity contribution is 7.15. The van der Waals surface area contributed by atoms with Crippen molar-refractivity contribution < 1.29 is 19.4 Å². The summed E-state index contributed by atoms with van der Waals surface area (Å²) in [5, 5.41) is 10.6. The standard InChI is InChI=1S/C13H16N2O4S/c1-9(2)18-6-7-19-12-10(3-4-11(16)17)15-5-8-20-13(15)14-12/h3-5,8-9H,6-7H2,1-2H3,(H,16,17). The van der Waals surface area contributed by atoms with E-state index in [9.17, 15) is 4.79 Å². The number of nitrogens with zero attached hydrogens (tertiary/aromatic N) is 2. The van der Waals surface area contributed by atoms with Gasteiger partial charge in [-0.2, -0.15) is 4.98 Å². The third-order valence-corrected chi connectivity index (χ3v) is 3.18. The third-order valence-electron chi connectivity index (χ3n) is 2.42. The van der Waals surface area contributed by atoms with Crippen molar-refractivity contribution in [3.05, 3.63) is 23.3 Å². The summed E-state index contributed by atoms with van der Waals surface area (Å²) in [6, 6.07) is 0. The lowest BCUT2D eigenvalue weighted by Crippen LogP contribution is -2.11. The van der Waals surface area contributed by atoms with Gasteiger partial charge in [0.15, 0.2) is 4.96 Å². The van der Waals surface area contributed by atoms with Crippen LogP contribution < -0.4 is 4.74 Å². The van der Waals surface area contributed by atoms with E-state index in [-0.39, 0.29) is 6.10 Å². The molecule has 0 unspecified atom stereocenters. The fourth-order valence-corrected chi connectivity index (χ4v) is 2.33. The number of thiazole rings is 1. The maximum Gasteiger partial charge on any atom is 0.328 e. The Bertz CT molecular complexity index is 615. The molecule has 0 aromatic carbocycles. The fourth-order valence-electron chi connectivity index (χ4n) is 1.61. The van der Waals surface area contributed by atoms with Gasteiger partial charge in [-0.1, -0.05) is 0 Å². The van der Waals surface area contributed by atoms with Gasteiger partial charge in [-0.3, -0.25) is 4.40 Å². The molecule has 6 nitrogen and oxygen atoms in total. The molecule has 0 saturated heterocycles. The Morgan fingerprint density at radius 2 is 2.35 bits per heavy atom. The van der Waals surface area contributed by atoms with Crippen molar-refractivity contribution in [2.24, 2.45) is 0 Å². The lowest BCUT2D eigenvalue weighted by Gasteiger charge is -2.08. The van der Waals surface area contributed by atoms with Gasteiger partial charge in [0.2, 0.25) is 5.88 Å². The average Bonchev–Trinajstić information content (AvgIpc) is 2.92. The van der Waals surface area contributed by atoms with Gasteiger partial charge >= 0.3 is 5.97 Å². The van der Waals surface area contributed by atoms with Crippen LogP contribution in [0.15, 0.2) is 17.7 Å². The van der Waals surface area contributed by atoms with Crippen LogP contribution >= 0.6 is 11.3 Å². The van der Waals surface area contributed by atoms with Crippen LogP contribution in [0.3, 0.4) is 0 Å². The number of carboxylic acids is 1. The zero-order valence-electron chi connectivity index (χ0n) is 11.3. The van der Waals surface area contributed by atoms with E-state index in [1.165, 1.54) is 17.4 Å². The van der Waals surface area contributed by atoms with Gasteiger partial charge in [-0.15, -0.1) is 11.3 Å². The Hall–Kier alpha value is -1.86. The summed E-state index contributed by atoms with van der Waals surface area (Å²) in [5.41, 5.74) is 0.619. The average molecular weight is 296 g/mol. The van der Waals surface area contributed by atoms with E-state index < -0.39 is 5.97 Å². The molecule has 1 N–H and O–H groups in total. The largest absolute Gasteiger partial charge is 0.478 e. The molecule has 20 heavy (non-hydrogen) atoms. The SMILES string of the molecule is CC(C)OCCOc1nc2sccn2c1C=CC(=O)O. The first kappa shape index (κ1) is 14.5. The molecule has 0 aliphatic heterocycles. The molecule has 0 radical (unpaired) electrons. The van der Waals surface area contributed by atoms with Gasteiger partial charge in [-0.05, 0) is 19.9 Å². The molecule has 0 atom stereocenters. The summed E-state index contributed by atoms with van der Waals surface area (Å²) in [7, 11) is 0. The highest BCUT2D eigenvalue weighted by Crippen LogP contribution is 2.24. The van der Waals surface area contributed by atoms with Crippen molar-refractivity contribution in [3.8, 4) is 5.88 Å². The van der Waals surface area contributed by atoms with Crippen molar-refractivity contribution in [2.45, 2.75) is 20.0 Å². The minimum atomic E-state index is -1.01. The van der Waals surface area contributed by atoms with Crippen LogP contribution in [-0.4, -0.2) is 39.8 Å². The van der Waals surface area contributed by atoms with Crippen molar-refractivity contribution in [1.82, 2.24) is 9.38 Å². The molecule has 2 aromatic heterocycles. The van der Waals surface area contributed by atoms with Crippen molar-refractivity contribution in [2.75, 3.05) is 13.2 Å². The summed E-state index contributed by atoms with van der Waals surface area (Å²) < 4.78 is 12.8. The third kappa shape index (κ3) is 3.58. The fraction of sp³-hybridized carbons (Fsp3) is 0.385. The molecule has 0 aliphatic rings. The Morgan fingerprint density at radius 1 is 1.55 bits per heavy atom. The first-order valence-corrected chi connectivity index (χ1v) is 7.07. The number of fused-ring (bicyclic) bond motifs is 1. The van der Waals surface area contributed by atoms with E-state index in [1.54, 1.807) is 4.40 Å². The Kier molecular flexibility index (Phi) is 4.75. The second kappa shape index (κ2) is 6.53. The van der Waals surface area contributed by atoms with Gasteiger partial charge in [-0.25, -0.2) is 4.79 Å². The van der Waals surface area contributed by atoms with Crippen molar-refractivity contribution >= 4 is 28.3 Å². The monoisotopic (exact) mass is 296 g/mol. The van der Waals surface area contributed by atoms with E-state index in [2.05, 4.69) is 4.98 Å². The molecule has 108 valence electrons. The molecule has 2 rings (SSSR count). The number of ether oxygens (including phenoxy) is 2. The number of hydrogen-bond donors (Lipinski definition) is 1. The molecule has 2 heterocycles. The summed E-state index contributed by atoms with van der Waals surface area (Å²) in [6.07, 6.45) is 4.52. The topological polar surface area (TPSA) is 73.1 Å². The Morgan fingerprint density at radius 3 is 3.05 bits per heavy atom. The van der Waals surface area contributed by atoms with E-state index in [0.29, 0.717) is 24.8 Å². The first-order chi connectivity index (χ1) is 9.58. The number of rotatable bonds is 7. The van der Waals surface area contributed by atoms with Gasteiger partial charge < -0.3 is 14.6 Å². The van der Waals surface area contributed by atoms with Crippen LogP contribution in [0.5, 0.6) is 5.88 Å². The molecule has 0 fully saturated rings. The van der Waals surface area contributed by atoms with Gasteiger partial charge in [0.05, 0.1) is 12.7 Å². The minimum Gasteiger partial charge on any atom is -0.478 e. The van der Waals surface area contributed by atoms with Crippen molar-refractivity contribution in [1.29, 1.82) is 0 Å². The lowest BCUT2D eigenvalue weighted by molar-refractivity contribution is -0.131. The normalized spacial score (nSPS) is 11.8. The van der Waals surface area contributed by atoms with Gasteiger partial charge in [0, 0.05) is 17.7 Å². The van der Waals surface area contributed by atoms with Crippen LogP contribution in [0.25, 0.3) is 11.0 Å². The molecule has 0 bridgehead atoms. The summed E-state index contributed by atoms with van der Waals surface area (Å²) in [4.78, 5) is 15.7. The van der Waals surface area contributed by atoms with E-state index in [1.807, 2.05) is 25.4 Å². The highest BCUT2D eigenvalue weighted by Gasteiger charge is 2.12. The summed E-state index contributed by atoms with van der Waals surface area (Å²) in [6.45, 7) is 4.74. The summed E-state index contributed by atoms with van der Waals surface area (Å²) in [5.74, 6) is -0.592. The van der Waals surface area contributed by atoms with Gasteiger partial charge in [0.1, 0.15) is 12.3 Å². The van der Waals surface area contributed by atoms with Crippen LogP contribution in [0.1, 0.15) is 19.5 Å². The van der Waals surface area contributed by atoms with Gasteiger partial charge in [0.25, 0.3) is 0 Å². The van der Waals surface area contributed by atoms with Crippen molar-refractivity contribution in [3.63, 3.8) is 0 Å². The zero-order chi connectivity index (χ0) is 14.5. The number of carboxylic acid groups (broad SMARTS) is 1. The predicted molar refractivity (Wildman–Crippen MR) is 76.3 cm³/mol. The quantitative estimate of drug-likeness (QED) is 0.627. The summed E-state index contributed by atoms with van der Waals surface area (Å²) >= 11 is 1.46. The van der Waals surface area contributed by atoms with E-state index in [4.69, 9.17) is 14.6 Å². The predicted octanol–water partition coefficient (Wildman–Crippen LogP) is 2.30. The van der Waals surface area contributed by atoms with Crippen LogP contribution in [0.2, 0.25) is 0 Å². The molecular formula is C13H16N2O4S. The number of imidazole rings is 1. The van der Waals surface area contributed by atoms with Crippen LogP contribution in [0, 0.1) is 0 Å². The zero-order valence-corrected chi connectivity index (χ0v) is 12.1. The Labute approximate surface area is 120 Å². The van der Waals surface area contributed by atoms with Crippen LogP contribution in [-0.2, 0) is 9.53 Å². The second-order valence-corrected chi connectivity index (χ2v) is 5.17. The maximum atomic E-state index is 10.6. The van der Waals surface area contributed by atoms with E-state index in [0.717, 1.165) is 11.0 Å². The molecule has 2 aromatic rings. The minimum absolute atomic E-state index is 0.149. The number of aromatic nitrogens is 2. The second-order valence-electron chi connectivity index (χ2n) is 4.30. The smallest absolute Gasteiger partial charge is 0.328 e. The highest BCUT2D eigenvalue weighted by atomic mass is 32.1. The molecule has 0 saturated carbocycles. The molecule has 7 heteroatoms. The van der Waals surface area contributed by atoms with Crippen LogP contribution in [0.4, 0.5) is 0 Å².